The average molecular weight is 311 g/mol. The smallest absolute Gasteiger partial charge is 0.0438 e. The van der Waals surface area contributed by atoms with Crippen LogP contribution in [0.5, 0.6) is 0 Å². The van der Waals surface area contributed by atoms with E-state index in [0.717, 1.165) is 27.0 Å². The molecule has 2 aromatic rings. The second-order valence-electron chi connectivity index (χ2n) is 3.95. The van der Waals surface area contributed by atoms with Gasteiger partial charge in [0.1, 0.15) is 0 Å². The largest absolute Gasteiger partial charge is 0.324 e. The van der Waals surface area contributed by atoms with Crippen molar-refractivity contribution in [3.8, 4) is 0 Å². The maximum absolute atomic E-state index is 6.17. The molecule has 0 spiro atoms. The molecule has 2 N–H and O–H groups in total. The van der Waals surface area contributed by atoms with E-state index in [1.54, 1.807) is 0 Å². The van der Waals surface area contributed by atoms with E-state index in [-0.39, 0.29) is 6.04 Å². The fraction of sp³-hybridized carbons (Fsp3) is 0.143. The molecule has 17 heavy (non-hydrogen) atoms. The number of hydrogen-bond donors (Lipinski definition) is 1. The molecule has 0 radical (unpaired) electrons. The highest BCUT2D eigenvalue weighted by atomic mass is 79.9. The molecule has 0 fully saturated rings. The Labute approximate surface area is 115 Å². The lowest BCUT2D eigenvalue weighted by Crippen LogP contribution is -2.13. The van der Waals surface area contributed by atoms with Crippen molar-refractivity contribution in [3.05, 3.63) is 69.2 Å². The normalized spacial score (nSPS) is 12.4. The maximum Gasteiger partial charge on any atom is 0.0438 e. The van der Waals surface area contributed by atoms with E-state index in [0.29, 0.717) is 0 Å². The molecule has 0 saturated carbocycles. The van der Waals surface area contributed by atoms with Gasteiger partial charge in [-0.25, -0.2) is 0 Å². The van der Waals surface area contributed by atoms with Crippen LogP contribution in [0.2, 0.25) is 5.02 Å². The van der Waals surface area contributed by atoms with E-state index in [1.807, 2.05) is 48.5 Å². The molecule has 1 nitrogen and oxygen atoms in total. The summed E-state index contributed by atoms with van der Waals surface area (Å²) in [7, 11) is 0. The lowest BCUT2D eigenvalue weighted by atomic mass is 10.00. The van der Waals surface area contributed by atoms with Gasteiger partial charge in [-0.1, -0.05) is 57.9 Å². The molecule has 1 unspecified atom stereocenters. The Bertz CT molecular complexity index is 496. The van der Waals surface area contributed by atoms with Gasteiger partial charge in [0.25, 0.3) is 0 Å². The molecule has 0 amide bonds. The van der Waals surface area contributed by atoms with E-state index in [1.165, 1.54) is 0 Å². The van der Waals surface area contributed by atoms with Crippen LogP contribution in [-0.4, -0.2) is 0 Å². The molecule has 0 aliphatic carbocycles. The third-order valence-electron chi connectivity index (χ3n) is 2.70. The topological polar surface area (TPSA) is 26.0 Å². The first-order chi connectivity index (χ1) is 8.16. The van der Waals surface area contributed by atoms with Gasteiger partial charge in [0.2, 0.25) is 0 Å². The summed E-state index contributed by atoms with van der Waals surface area (Å²) in [6.45, 7) is 0. The highest BCUT2D eigenvalue weighted by molar-refractivity contribution is 9.10. The first kappa shape index (κ1) is 12.6. The molecule has 3 heteroatoms. The second kappa shape index (κ2) is 5.67. The minimum Gasteiger partial charge on any atom is -0.324 e. The SMILES string of the molecule is NC(Cc1ccccc1Cl)c1ccc(Br)cc1. The van der Waals surface area contributed by atoms with Crippen LogP contribution in [0.4, 0.5) is 0 Å². The van der Waals surface area contributed by atoms with Crippen LogP contribution in [-0.2, 0) is 6.42 Å². The summed E-state index contributed by atoms with van der Waals surface area (Å²) >= 11 is 9.53. The Morgan fingerprint density at radius 3 is 2.35 bits per heavy atom. The third kappa shape index (κ3) is 3.32. The summed E-state index contributed by atoms with van der Waals surface area (Å²) < 4.78 is 1.06. The van der Waals surface area contributed by atoms with Crippen LogP contribution >= 0.6 is 27.5 Å². The molecule has 0 heterocycles. The van der Waals surface area contributed by atoms with Crippen LogP contribution in [0.1, 0.15) is 17.2 Å². The molecule has 0 aliphatic rings. The quantitative estimate of drug-likeness (QED) is 0.896. The number of benzene rings is 2. The first-order valence-corrected chi connectivity index (χ1v) is 6.58. The summed E-state index contributed by atoms with van der Waals surface area (Å²) in [5, 5.41) is 0.778. The summed E-state index contributed by atoms with van der Waals surface area (Å²) in [5.74, 6) is 0. The zero-order valence-corrected chi connectivity index (χ0v) is 11.6. The van der Waals surface area contributed by atoms with Crippen molar-refractivity contribution in [2.45, 2.75) is 12.5 Å². The fourth-order valence-electron chi connectivity index (χ4n) is 1.73. The van der Waals surface area contributed by atoms with E-state index in [2.05, 4.69) is 15.9 Å². The van der Waals surface area contributed by atoms with Crippen molar-refractivity contribution in [1.29, 1.82) is 0 Å². The number of halogens is 2. The Hall–Kier alpha value is -0.830. The molecular weight excluding hydrogens is 298 g/mol. The van der Waals surface area contributed by atoms with Crippen molar-refractivity contribution < 1.29 is 0 Å². The lowest BCUT2D eigenvalue weighted by Gasteiger charge is -2.13. The van der Waals surface area contributed by atoms with Crippen LogP contribution in [0.25, 0.3) is 0 Å². The summed E-state index contributed by atoms with van der Waals surface area (Å²) in [6.07, 6.45) is 0.751. The highest BCUT2D eigenvalue weighted by Crippen LogP contribution is 2.22. The molecule has 2 rings (SSSR count). The minimum absolute atomic E-state index is 0.0250. The Kier molecular flexibility index (Phi) is 4.21. The summed E-state index contributed by atoms with van der Waals surface area (Å²) in [6, 6.07) is 15.9. The van der Waals surface area contributed by atoms with E-state index in [4.69, 9.17) is 17.3 Å². The summed E-state index contributed by atoms with van der Waals surface area (Å²) in [4.78, 5) is 0. The van der Waals surface area contributed by atoms with Gasteiger partial charge < -0.3 is 5.73 Å². The number of hydrogen-bond acceptors (Lipinski definition) is 1. The van der Waals surface area contributed by atoms with Crippen molar-refractivity contribution in [1.82, 2.24) is 0 Å². The van der Waals surface area contributed by atoms with Gasteiger partial charge in [-0.05, 0) is 35.7 Å². The molecule has 0 aliphatic heterocycles. The zero-order chi connectivity index (χ0) is 12.3. The Morgan fingerprint density at radius 2 is 1.71 bits per heavy atom. The van der Waals surface area contributed by atoms with Gasteiger partial charge in [-0.2, -0.15) is 0 Å². The predicted molar refractivity (Wildman–Crippen MR) is 76.2 cm³/mol. The predicted octanol–water partition coefficient (Wildman–Crippen LogP) is 4.35. The monoisotopic (exact) mass is 309 g/mol. The Morgan fingerprint density at radius 1 is 1.06 bits per heavy atom. The van der Waals surface area contributed by atoms with E-state index < -0.39 is 0 Å². The molecule has 1 atom stereocenters. The first-order valence-electron chi connectivity index (χ1n) is 5.41. The van der Waals surface area contributed by atoms with Crippen molar-refractivity contribution in [2.75, 3.05) is 0 Å². The van der Waals surface area contributed by atoms with Crippen LogP contribution in [0, 0.1) is 0 Å². The van der Waals surface area contributed by atoms with Crippen LogP contribution in [0.3, 0.4) is 0 Å². The molecule has 0 saturated heterocycles. The summed E-state index contributed by atoms with van der Waals surface area (Å²) in [5.41, 5.74) is 8.38. The average Bonchev–Trinajstić information content (AvgIpc) is 2.33. The maximum atomic E-state index is 6.17. The lowest BCUT2D eigenvalue weighted by molar-refractivity contribution is 0.722. The van der Waals surface area contributed by atoms with E-state index in [9.17, 15) is 0 Å². The van der Waals surface area contributed by atoms with Gasteiger partial charge in [-0.15, -0.1) is 0 Å². The zero-order valence-electron chi connectivity index (χ0n) is 9.24. The Balaban J connectivity index is 2.14. The standard InChI is InChI=1S/C14H13BrClN/c15-12-7-5-10(6-8-12)14(17)9-11-3-1-2-4-13(11)16/h1-8,14H,9,17H2. The van der Waals surface area contributed by atoms with Crippen LogP contribution in [0.15, 0.2) is 53.0 Å². The highest BCUT2D eigenvalue weighted by Gasteiger charge is 2.08. The van der Waals surface area contributed by atoms with Gasteiger partial charge in [0.15, 0.2) is 0 Å². The number of nitrogens with two attached hydrogens (primary N) is 1. The molecule has 88 valence electrons. The molecule has 0 bridgehead atoms. The van der Waals surface area contributed by atoms with Gasteiger partial charge >= 0.3 is 0 Å². The minimum atomic E-state index is -0.0250. The number of rotatable bonds is 3. The molecule has 0 aromatic heterocycles. The fourth-order valence-corrected chi connectivity index (χ4v) is 2.21. The van der Waals surface area contributed by atoms with Crippen molar-refractivity contribution >= 4 is 27.5 Å². The van der Waals surface area contributed by atoms with Gasteiger partial charge in [0, 0.05) is 15.5 Å². The second-order valence-corrected chi connectivity index (χ2v) is 5.28. The van der Waals surface area contributed by atoms with Gasteiger partial charge in [-0.3, -0.25) is 0 Å². The van der Waals surface area contributed by atoms with E-state index >= 15 is 0 Å². The molecule has 2 aromatic carbocycles. The van der Waals surface area contributed by atoms with Gasteiger partial charge in [0.05, 0.1) is 0 Å². The molecular formula is C14H13BrClN. The third-order valence-corrected chi connectivity index (χ3v) is 3.59. The van der Waals surface area contributed by atoms with Crippen molar-refractivity contribution in [3.63, 3.8) is 0 Å². The van der Waals surface area contributed by atoms with Crippen molar-refractivity contribution in [2.24, 2.45) is 5.73 Å². The van der Waals surface area contributed by atoms with Crippen LogP contribution < -0.4 is 5.73 Å².